The van der Waals surface area contributed by atoms with E-state index in [-0.39, 0.29) is 12.8 Å². The van der Waals surface area contributed by atoms with Crippen LogP contribution in [0.3, 0.4) is 0 Å². The molecule has 4 aromatic rings. The Labute approximate surface area is 159 Å². The van der Waals surface area contributed by atoms with Crippen molar-refractivity contribution in [2.45, 2.75) is 26.2 Å². The maximum atomic E-state index is 10.6. The SMILES string of the molecule is Cc1ccc(-c2ccc3sc(Cc4nnc(CCC(=O)O)o4)nc3c2)cc1. The molecule has 0 saturated heterocycles. The monoisotopic (exact) mass is 379 g/mol. The Morgan fingerprint density at radius 2 is 1.81 bits per heavy atom. The van der Waals surface area contributed by atoms with Gasteiger partial charge < -0.3 is 9.52 Å². The van der Waals surface area contributed by atoms with Crippen molar-refractivity contribution in [3.8, 4) is 11.1 Å². The third kappa shape index (κ3) is 4.03. The summed E-state index contributed by atoms with van der Waals surface area (Å²) in [6.07, 6.45) is 0.659. The second kappa shape index (κ2) is 7.28. The topological polar surface area (TPSA) is 89.1 Å². The minimum atomic E-state index is -0.884. The van der Waals surface area contributed by atoms with Gasteiger partial charge in [0.1, 0.15) is 5.01 Å². The molecule has 7 heteroatoms. The Bertz CT molecular complexity index is 1100. The highest BCUT2D eigenvalue weighted by atomic mass is 32.1. The van der Waals surface area contributed by atoms with Crippen molar-refractivity contribution >= 4 is 27.5 Å². The summed E-state index contributed by atoms with van der Waals surface area (Å²) in [5, 5.41) is 17.5. The molecule has 0 bridgehead atoms. The number of fused-ring (bicyclic) bond motifs is 1. The number of benzene rings is 2. The van der Waals surface area contributed by atoms with Crippen LogP contribution in [0.2, 0.25) is 0 Å². The molecule has 2 aromatic carbocycles. The standard InChI is InChI=1S/C20H17N3O3S/c1-12-2-4-13(5-3-12)14-6-7-16-15(10-14)21-19(27-16)11-18-23-22-17(26-18)8-9-20(24)25/h2-7,10H,8-9,11H2,1H3,(H,24,25). The van der Waals surface area contributed by atoms with Gasteiger partial charge in [-0.2, -0.15) is 0 Å². The van der Waals surface area contributed by atoms with Crippen LogP contribution in [0.1, 0.15) is 28.8 Å². The van der Waals surface area contributed by atoms with Gasteiger partial charge >= 0.3 is 5.97 Å². The second-order valence-corrected chi connectivity index (χ2v) is 7.43. The molecular weight excluding hydrogens is 362 g/mol. The summed E-state index contributed by atoms with van der Waals surface area (Å²) < 4.78 is 6.62. The van der Waals surface area contributed by atoms with Gasteiger partial charge in [0.05, 0.1) is 23.1 Å². The number of hydrogen-bond acceptors (Lipinski definition) is 6. The summed E-state index contributed by atoms with van der Waals surface area (Å²) in [6.45, 7) is 2.07. The van der Waals surface area contributed by atoms with E-state index in [0.717, 1.165) is 26.4 Å². The molecule has 0 aliphatic heterocycles. The molecule has 0 spiro atoms. The van der Waals surface area contributed by atoms with Gasteiger partial charge in [0.2, 0.25) is 11.8 Å². The van der Waals surface area contributed by atoms with Gasteiger partial charge in [0.15, 0.2) is 0 Å². The fraction of sp³-hybridized carbons (Fsp3) is 0.200. The van der Waals surface area contributed by atoms with Crippen LogP contribution in [0.15, 0.2) is 46.9 Å². The first kappa shape index (κ1) is 17.4. The molecule has 0 radical (unpaired) electrons. The van der Waals surface area contributed by atoms with E-state index in [1.807, 2.05) is 0 Å². The van der Waals surface area contributed by atoms with Crippen LogP contribution in [0.5, 0.6) is 0 Å². The maximum absolute atomic E-state index is 10.6. The third-order valence-electron chi connectivity index (χ3n) is 4.18. The number of thiazole rings is 1. The summed E-state index contributed by atoms with van der Waals surface area (Å²) in [4.78, 5) is 15.3. The predicted molar refractivity (Wildman–Crippen MR) is 103 cm³/mol. The summed E-state index contributed by atoms with van der Waals surface area (Å²) in [5.41, 5.74) is 4.47. The lowest BCUT2D eigenvalue weighted by atomic mass is 10.0. The average molecular weight is 379 g/mol. The zero-order valence-corrected chi connectivity index (χ0v) is 15.5. The van der Waals surface area contributed by atoms with Crippen molar-refractivity contribution in [2.75, 3.05) is 0 Å². The molecule has 27 heavy (non-hydrogen) atoms. The van der Waals surface area contributed by atoms with Gasteiger partial charge in [-0.15, -0.1) is 21.5 Å². The molecule has 4 rings (SSSR count). The molecule has 0 atom stereocenters. The molecular formula is C20H17N3O3S. The Hall–Kier alpha value is -3.06. The van der Waals surface area contributed by atoms with Gasteiger partial charge in [0.25, 0.3) is 0 Å². The van der Waals surface area contributed by atoms with Crippen molar-refractivity contribution in [1.82, 2.24) is 15.2 Å². The highest BCUT2D eigenvalue weighted by Gasteiger charge is 2.12. The van der Waals surface area contributed by atoms with Crippen LogP contribution in [-0.2, 0) is 17.6 Å². The number of rotatable bonds is 6. The Balaban J connectivity index is 1.53. The minimum absolute atomic E-state index is 0.0233. The van der Waals surface area contributed by atoms with E-state index in [4.69, 9.17) is 14.5 Å². The molecule has 2 aromatic heterocycles. The summed E-state index contributed by atoms with van der Waals surface area (Å²) in [7, 11) is 0. The first-order valence-corrected chi connectivity index (χ1v) is 9.38. The predicted octanol–water partition coefficient (Wildman–Crippen LogP) is 4.26. The lowest BCUT2D eigenvalue weighted by Crippen LogP contribution is -1.97. The summed E-state index contributed by atoms with van der Waals surface area (Å²) in [5.74, 6) is -0.0892. The molecule has 136 valence electrons. The Morgan fingerprint density at radius 3 is 2.59 bits per heavy atom. The number of carbonyl (C=O) groups is 1. The summed E-state index contributed by atoms with van der Waals surface area (Å²) in [6, 6.07) is 14.7. The summed E-state index contributed by atoms with van der Waals surface area (Å²) >= 11 is 1.59. The fourth-order valence-electron chi connectivity index (χ4n) is 2.78. The van der Waals surface area contributed by atoms with Crippen LogP contribution >= 0.6 is 11.3 Å². The van der Waals surface area contributed by atoms with Crippen LogP contribution in [0.25, 0.3) is 21.3 Å². The molecule has 0 saturated carbocycles. The third-order valence-corrected chi connectivity index (χ3v) is 5.22. The van der Waals surface area contributed by atoms with E-state index in [2.05, 4.69) is 59.6 Å². The highest BCUT2D eigenvalue weighted by molar-refractivity contribution is 7.18. The van der Waals surface area contributed by atoms with E-state index in [1.165, 1.54) is 5.56 Å². The molecule has 0 aliphatic carbocycles. The largest absolute Gasteiger partial charge is 0.481 e. The maximum Gasteiger partial charge on any atom is 0.303 e. The molecule has 0 amide bonds. The van der Waals surface area contributed by atoms with Crippen molar-refractivity contribution in [2.24, 2.45) is 0 Å². The highest BCUT2D eigenvalue weighted by Crippen LogP contribution is 2.29. The van der Waals surface area contributed by atoms with E-state index in [1.54, 1.807) is 11.3 Å². The van der Waals surface area contributed by atoms with Crippen molar-refractivity contribution in [3.05, 3.63) is 64.8 Å². The van der Waals surface area contributed by atoms with Crippen LogP contribution in [0, 0.1) is 6.92 Å². The van der Waals surface area contributed by atoms with E-state index < -0.39 is 5.97 Å². The van der Waals surface area contributed by atoms with Gasteiger partial charge in [-0.3, -0.25) is 4.79 Å². The Morgan fingerprint density at radius 1 is 1.07 bits per heavy atom. The van der Waals surface area contributed by atoms with Gasteiger partial charge in [-0.1, -0.05) is 35.9 Å². The zero-order valence-electron chi connectivity index (χ0n) is 14.7. The first-order chi connectivity index (χ1) is 13.1. The number of aryl methyl sites for hydroxylation is 2. The number of carboxylic acids is 1. The Kier molecular flexibility index (Phi) is 4.68. The van der Waals surface area contributed by atoms with E-state index in [9.17, 15) is 4.79 Å². The number of nitrogens with zero attached hydrogens (tertiary/aromatic N) is 3. The normalized spacial score (nSPS) is 11.1. The van der Waals surface area contributed by atoms with Gasteiger partial charge in [0, 0.05) is 6.42 Å². The van der Waals surface area contributed by atoms with Gasteiger partial charge in [-0.25, -0.2) is 4.98 Å². The van der Waals surface area contributed by atoms with E-state index >= 15 is 0 Å². The van der Waals surface area contributed by atoms with Crippen molar-refractivity contribution in [1.29, 1.82) is 0 Å². The van der Waals surface area contributed by atoms with E-state index in [0.29, 0.717) is 18.2 Å². The molecule has 6 nitrogen and oxygen atoms in total. The van der Waals surface area contributed by atoms with Crippen molar-refractivity contribution < 1.29 is 14.3 Å². The lowest BCUT2D eigenvalue weighted by molar-refractivity contribution is -0.137. The number of hydrogen-bond donors (Lipinski definition) is 1. The minimum Gasteiger partial charge on any atom is -0.481 e. The number of carboxylic acid groups (broad SMARTS) is 1. The number of aliphatic carboxylic acids is 1. The van der Waals surface area contributed by atoms with Crippen LogP contribution in [-0.4, -0.2) is 26.3 Å². The fourth-order valence-corrected chi connectivity index (χ4v) is 3.72. The smallest absolute Gasteiger partial charge is 0.303 e. The molecule has 0 unspecified atom stereocenters. The quantitative estimate of drug-likeness (QED) is 0.538. The first-order valence-electron chi connectivity index (χ1n) is 8.56. The average Bonchev–Trinajstić information content (AvgIpc) is 3.26. The van der Waals surface area contributed by atoms with Crippen molar-refractivity contribution in [3.63, 3.8) is 0 Å². The van der Waals surface area contributed by atoms with Gasteiger partial charge in [-0.05, 0) is 30.2 Å². The second-order valence-electron chi connectivity index (χ2n) is 6.32. The van der Waals surface area contributed by atoms with Crippen LogP contribution in [0.4, 0.5) is 0 Å². The lowest BCUT2D eigenvalue weighted by Gasteiger charge is -2.01. The van der Waals surface area contributed by atoms with Crippen LogP contribution < -0.4 is 0 Å². The zero-order chi connectivity index (χ0) is 18.8. The molecule has 0 fully saturated rings. The molecule has 2 heterocycles. The number of aromatic nitrogens is 3. The molecule has 1 N–H and O–H groups in total. The molecule has 0 aliphatic rings.